The molecule has 7 heteroatoms. The summed E-state index contributed by atoms with van der Waals surface area (Å²) in [6.45, 7) is 0.103. The van der Waals surface area contributed by atoms with Crippen molar-refractivity contribution in [1.82, 2.24) is 4.90 Å². The molecule has 1 saturated carbocycles. The van der Waals surface area contributed by atoms with E-state index in [2.05, 4.69) is 5.32 Å². The lowest BCUT2D eigenvalue weighted by Crippen LogP contribution is -2.34. The first kappa shape index (κ1) is 19.6. The van der Waals surface area contributed by atoms with Crippen molar-refractivity contribution in [2.75, 3.05) is 19.0 Å². The number of carbonyl (C=O) groups excluding carboxylic acids is 3. The molecule has 2 heterocycles. The van der Waals surface area contributed by atoms with Gasteiger partial charge < -0.3 is 14.5 Å². The molecule has 1 saturated heterocycles. The minimum absolute atomic E-state index is 0.0399. The normalized spacial score (nSPS) is 21.0. The molecule has 1 aliphatic heterocycles. The average molecular weight is 420 g/mol. The molecule has 0 unspecified atom stereocenters. The van der Waals surface area contributed by atoms with Crippen molar-refractivity contribution in [3.05, 3.63) is 36.4 Å². The van der Waals surface area contributed by atoms with E-state index in [4.69, 9.17) is 9.15 Å². The van der Waals surface area contributed by atoms with Crippen LogP contribution in [0.4, 0.5) is 5.69 Å². The largest absolute Gasteiger partial charge is 0.495 e. The van der Waals surface area contributed by atoms with Gasteiger partial charge in [0.1, 0.15) is 16.9 Å². The molecule has 31 heavy (non-hydrogen) atoms. The van der Waals surface area contributed by atoms with Crippen LogP contribution in [0.3, 0.4) is 0 Å². The molecule has 3 amide bonds. The zero-order valence-corrected chi connectivity index (χ0v) is 17.3. The summed E-state index contributed by atoms with van der Waals surface area (Å²) in [6, 6.07) is 11.3. The fourth-order valence-electron chi connectivity index (χ4n) is 4.90. The molecule has 0 bridgehead atoms. The molecule has 2 atom stereocenters. The van der Waals surface area contributed by atoms with E-state index < -0.39 is 0 Å². The number of hydrogen-bond donors (Lipinski definition) is 1. The van der Waals surface area contributed by atoms with E-state index in [1.165, 1.54) is 4.90 Å². The van der Waals surface area contributed by atoms with E-state index in [0.29, 0.717) is 17.0 Å². The molecule has 0 spiro atoms. The number of ether oxygens (including phenoxy) is 1. The first-order chi connectivity index (χ1) is 15.1. The van der Waals surface area contributed by atoms with Crippen LogP contribution >= 0.6 is 0 Å². The Hall–Kier alpha value is -3.35. The number of hydrogen-bond acceptors (Lipinski definition) is 5. The molecule has 3 aromatic rings. The van der Waals surface area contributed by atoms with Gasteiger partial charge in [-0.1, -0.05) is 31.0 Å². The van der Waals surface area contributed by atoms with Gasteiger partial charge in [0.05, 0.1) is 24.6 Å². The molecule has 2 aliphatic rings. The van der Waals surface area contributed by atoms with Gasteiger partial charge >= 0.3 is 0 Å². The van der Waals surface area contributed by atoms with Crippen molar-refractivity contribution < 1.29 is 23.5 Å². The van der Waals surface area contributed by atoms with Crippen LogP contribution in [0, 0.1) is 11.8 Å². The van der Waals surface area contributed by atoms with Gasteiger partial charge in [-0.25, -0.2) is 0 Å². The molecule has 1 aromatic heterocycles. The van der Waals surface area contributed by atoms with Crippen LogP contribution in [0.2, 0.25) is 0 Å². The van der Waals surface area contributed by atoms with Crippen LogP contribution in [-0.2, 0) is 14.4 Å². The van der Waals surface area contributed by atoms with Gasteiger partial charge in [-0.05, 0) is 25.0 Å². The van der Waals surface area contributed by atoms with Gasteiger partial charge in [0, 0.05) is 29.8 Å². The second-order valence-electron chi connectivity index (χ2n) is 8.27. The van der Waals surface area contributed by atoms with Crippen molar-refractivity contribution in [1.29, 1.82) is 0 Å². The molecule has 2 fully saturated rings. The summed E-state index contributed by atoms with van der Waals surface area (Å²) < 4.78 is 11.4. The van der Waals surface area contributed by atoms with Gasteiger partial charge in [-0.15, -0.1) is 0 Å². The van der Waals surface area contributed by atoms with Crippen LogP contribution in [0.15, 0.2) is 40.8 Å². The number of likely N-dealkylation sites (tertiary alicyclic amines) is 1. The third kappa shape index (κ3) is 3.34. The monoisotopic (exact) mass is 420 g/mol. The predicted octanol–water partition coefficient (Wildman–Crippen LogP) is 4.10. The highest BCUT2D eigenvalue weighted by atomic mass is 16.5. The van der Waals surface area contributed by atoms with Gasteiger partial charge in [0.25, 0.3) is 0 Å². The number of para-hydroxylation sites is 1. The number of amides is 3. The SMILES string of the molecule is COc1cc2c(cc1NC(=O)CCN1C(=O)[C@@H]3CCCC[C@H]3C1=O)oc1ccccc12. The zero-order valence-electron chi connectivity index (χ0n) is 17.3. The number of imide groups is 1. The fraction of sp³-hybridized carbons (Fsp3) is 0.375. The summed E-state index contributed by atoms with van der Waals surface area (Å²) in [5.74, 6) is -0.400. The Morgan fingerprint density at radius 2 is 1.77 bits per heavy atom. The maximum absolute atomic E-state index is 12.6. The Morgan fingerprint density at radius 1 is 1.06 bits per heavy atom. The summed E-state index contributed by atoms with van der Waals surface area (Å²) >= 11 is 0. The van der Waals surface area contributed by atoms with Gasteiger partial charge in [0.2, 0.25) is 17.7 Å². The second-order valence-corrected chi connectivity index (χ2v) is 8.27. The van der Waals surface area contributed by atoms with Gasteiger partial charge in [-0.3, -0.25) is 19.3 Å². The molecule has 5 rings (SSSR count). The second kappa shape index (κ2) is 7.72. The minimum Gasteiger partial charge on any atom is -0.495 e. The maximum Gasteiger partial charge on any atom is 0.233 e. The maximum atomic E-state index is 12.6. The first-order valence-corrected chi connectivity index (χ1v) is 10.7. The topological polar surface area (TPSA) is 88.9 Å². The van der Waals surface area contributed by atoms with Crippen LogP contribution < -0.4 is 10.1 Å². The number of nitrogens with zero attached hydrogens (tertiary/aromatic N) is 1. The van der Waals surface area contributed by atoms with Crippen LogP contribution in [0.25, 0.3) is 21.9 Å². The molecule has 7 nitrogen and oxygen atoms in total. The number of nitrogens with one attached hydrogen (secondary N) is 1. The molecule has 1 aliphatic carbocycles. The van der Waals surface area contributed by atoms with Gasteiger partial charge in [-0.2, -0.15) is 0 Å². The molecular formula is C24H24N2O5. The number of fused-ring (bicyclic) bond motifs is 4. The Kier molecular flexibility index (Phi) is 4.88. The number of rotatable bonds is 5. The molecular weight excluding hydrogens is 396 g/mol. The summed E-state index contributed by atoms with van der Waals surface area (Å²) in [5.41, 5.74) is 1.90. The predicted molar refractivity (Wildman–Crippen MR) is 116 cm³/mol. The highest BCUT2D eigenvalue weighted by Gasteiger charge is 2.47. The van der Waals surface area contributed by atoms with E-state index in [9.17, 15) is 14.4 Å². The van der Waals surface area contributed by atoms with Crippen molar-refractivity contribution in [2.24, 2.45) is 11.8 Å². The van der Waals surface area contributed by atoms with Gasteiger partial charge in [0.15, 0.2) is 0 Å². The number of anilines is 1. The number of carbonyl (C=O) groups is 3. The third-order valence-corrected chi connectivity index (χ3v) is 6.47. The lowest BCUT2D eigenvalue weighted by atomic mass is 9.81. The zero-order chi connectivity index (χ0) is 21.5. The Balaban J connectivity index is 1.31. The van der Waals surface area contributed by atoms with Crippen molar-refractivity contribution in [3.8, 4) is 5.75 Å². The van der Waals surface area contributed by atoms with Crippen LogP contribution in [-0.4, -0.2) is 36.3 Å². The Bertz CT molecular complexity index is 1170. The summed E-state index contributed by atoms with van der Waals surface area (Å²) in [7, 11) is 1.54. The number of methoxy groups -OCH3 is 1. The van der Waals surface area contributed by atoms with Crippen LogP contribution in [0.5, 0.6) is 5.75 Å². The fourth-order valence-corrected chi connectivity index (χ4v) is 4.90. The Labute approximate surface area is 179 Å². The highest BCUT2D eigenvalue weighted by Crippen LogP contribution is 2.38. The molecule has 1 N–H and O–H groups in total. The van der Waals surface area contributed by atoms with E-state index in [-0.39, 0.29) is 42.5 Å². The van der Waals surface area contributed by atoms with Crippen molar-refractivity contribution in [3.63, 3.8) is 0 Å². The number of furan rings is 1. The van der Waals surface area contributed by atoms with E-state index in [1.54, 1.807) is 13.2 Å². The first-order valence-electron chi connectivity index (χ1n) is 10.7. The Morgan fingerprint density at radius 3 is 2.48 bits per heavy atom. The highest BCUT2D eigenvalue weighted by molar-refractivity contribution is 6.08. The smallest absolute Gasteiger partial charge is 0.233 e. The number of benzene rings is 2. The average Bonchev–Trinajstić information content (AvgIpc) is 3.26. The summed E-state index contributed by atoms with van der Waals surface area (Å²) in [6.07, 6.45) is 3.55. The van der Waals surface area contributed by atoms with E-state index in [0.717, 1.165) is 42.0 Å². The molecule has 160 valence electrons. The standard InChI is InChI=1S/C24H24N2O5/c1-30-21-12-17-14-6-4-5-9-19(14)31-20(17)13-18(21)25-22(27)10-11-26-23(28)15-7-2-3-8-16(15)24(26)29/h4-6,9,12-13,15-16H,2-3,7-8,10-11H2,1H3,(H,25,27)/t15-,16-/m1/s1. The van der Waals surface area contributed by atoms with E-state index >= 15 is 0 Å². The van der Waals surface area contributed by atoms with Crippen molar-refractivity contribution in [2.45, 2.75) is 32.1 Å². The lowest BCUT2D eigenvalue weighted by Gasteiger charge is -2.19. The van der Waals surface area contributed by atoms with E-state index in [1.807, 2.05) is 30.3 Å². The van der Waals surface area contributed by atoms with Crippen molar-refractivity contribution >= 4 is 45.3 Å². The minimum atomic E-state index is -0.288. The molecule has 0 radical (unpaired) electrons. The molecule has 2 aromatic carbocycles. The summed E-state index contributed by atoms with van der Waals surface area (Å²) in [4.78, 5) is 39.1. The third-order valence-electron chi connectivity index (χ3n) is 6.47. The van der Waals surface area contributed by atoms with Crippen LogP contribution in [0.1, 0.15) is 32.1 Å². The quantitative estimate of drug-likeness (QED) is 0.628. The summed E-state index contributed by atoms with van der Waals surface area (Å²) in [5, 5.41) is 4.72. The lowest BCUT2D eigenvalue weighted by molar-refractivity contribution is -0.140.